The average molecular weight is 472 g/mol. The largest absolute Gasteiger partial charge is 0.459 e. The van der Waals surface area contributed by atoms with Crippen molar-refractivity contribution in [2.75, 3.05) is 4.90 Å². The lowest BCUT2D eigenvalue weighted by atomic mass is 9.82. The van der Waals surface area contributed by atoms with Crippen molar-refractivity contribution in [2.24, 2.45) is 5.41 Å². The standard InChI is InChI=1S/C25H33N3O4S/c1-17-9-8-10-20(13-17)28(18(2)29)23-26-19(16-33-23)15-32-22(31)25(11-6-7-12-25)14-21(30)27-24(3,4)5/h8-10,13,16H,6-7,11-12,14-15H2,1-5H3,(H,27,30). The van der Waals surface area contributed by atoms with E-state index in [2.05, 4.69) is 10.3 Å². The molecule has 1 saturated carbocycles. The van der Waals surface area contributed by atoms with Crippen molar-refractivity contribution in [3.05, 3.63) is 40.9 Å². The number of thiazole rings is 1. The van der Waals surface area contributed by atoms with Gasteiger partial charge in [-0.05, 0) is 58.2 Å². The smallest absolute Gasteiger partial charge is 0.312 e. The van der Waals surface area contributed by atoms with Gasteiger partial charge < -0.3 is 10.1 Å². The van der Waals surface area contributed by atoms with E-state index in [-0.39, 0.29) is 36.4 Å². The maximum absolute atomic E-state index is 13.1. The van der Waals surface area contributed by atoms with Crippen molar-refractivity contribution >= 4 is 39.9 Å². The van der Waals surface area contributed by atoms with E-state index in [0.29, 0.717) is 23.7 Å². The van der Waals surface area contributed by atoms with Gasteiger partial charge in [0.2, 0.25) is 11.8 Å². The van der Waals surface area contributed by atoms with Crippen LogP contribution in [-0.2, 0) is 25.7 Å². The van der Waals surface area contributed by atoms with E-state index >= 15 is 0 Å². The zero-order valence-electron chi connectivity index (χ0n) is 20.1. The molecule has 0 atom stereocenters. The minimum atomic E-state index is -0.777. The number of amides is 2. The second-order valence-corrected chi connectivity index (χ2v) is 10.7. The fourth-order valence-electron chi connectivity index (χ4n) is 4.23. The number of anilines is 2. The summed E-state index contributed by atoms with van der Waals surface area (Å²) in [5, 5.41) is 5.27. The number of ether oxygens (including phenoxy) is 1. The zero-order chi connectivity index (χ0) is 24.2. The highest BCUT2D eigenvalue weighted by Gasteiger charge is 2.44. The van der Waals surface area contributed by atoms with Crippen LogP contribution < -0.4 is 10.2 Å². The fourth-order valence-corrected chi connectivity index (χ4v) is 5.10. The summed E-state index contributed by atoms with van der Waals surface area (Å²) in [6.07, 6.45) is 3.25. The molecular weight excluding hydrogens is 438 g/mol. The van der Waals surface area contributed by atoms with E-state index < -0.39 is 5.41 Å². The van der Waals surface area contributed by atoms with Crippen LogP contribution in [0.1, 0.15) is 71.1 Å². The van der Waals surface area contributed by atoms with Gasteiger partial charge in [0.15, 0.2) is 5.13 Å². The average Bonchev–Trinajstić information content (AvgIpc) is 3.35. The maximum atomic E-state index is 13.1. The third-order valence-electron chi connectivity index (χ3n) is 5.66. The lowest BCUT2D eigenvalue weighted by molar-refractivity contribution is -0.159. The van der Waals surface area contributed by atoms with Gasteiger partial charge in [0, 0.05) is 24.3 Å². The van der Waals surface area contributed by atoms with Gasteiger partial charge >= 0.3 is 5.97 Å². The van der Waals surface area contributed by atoms with Gasteiger partial charge in [-0.15, -0.1) is 11.3 Å². The Bertz CT molecular complexity index is 1020. The summed E-state index contributed by atoms with van der Waals surface area (Å²) in [6.45, 7) is 9.24. The van der Waals surface area contributed by atoms with Crippen LogP contribution in [0.15, 0.2) is 29.6 Å². The molecule has 0 bridgehead atoms. The first-order valence-electron chi connectivity index (χ1n) is 11.3. The summed E-state index contributed by atoms with van der Waals surface area (Å²) in [5.41, 5.74) is 1.24. The second-order valence-electron chi connectivity index (χ2n) is 9.85. The third kappa shape index (κ3) is 6.41. The number of nitrogens with zero attached hydrogens (tertiary/aromatic N) is 2. The molecule has 1 heterocycles. The number of nitrogens with one attached hydrogen (secondary N) is 1. The van der Waals surface area contributed by atoms with Crippen LogP contribution in [0, 0.1) is 12.3 Å². The van der Waals surface area contributed by atoms with Gasteiger partial charge in [-0.2, -0.15) is 0 Å². The molecule has 1 N–H and O–H groups in total. The minimum Gasteiger partial charge on any atom is -0.459 e. The van der Waals surface area contributed by atoms with Gasteiger partial charge in [-0.1, -0.05) is 25.0 Å². The van der Waals surface area contributed by atoms with Crippen molar-refractivity contribution in [3.8, 4) is 0 Å². The molecular formula is C25H33N3O4S. The molecule has 1 fully saturated rings. The monoisotopic (exact) mass is 471 g/mol. The number of esters is 1. The van der Waals surface area contributed by atoms with Crippen LogP contribution in [0.5, 0.6) is 0 Å². The number of carbonyl (C=O) groups is 3. The summed E-state index contributed by atoms with van der Waals surface area (Å²) >= 11 is 1.33. The molecule has 8 heteroatoms. The Balaban J connectivity index is 1.68. The number of aryl methyl sites for hydroxylation is 1. The van der Waals surface area contributed by atoms with E-state index in [1.807, 2.05) is 52.0 Å². The summed E-state index contributed by atoms with van der Waals surface area (Å²) in [4.78, 5) is 44.0. The van der Waals surface area contributed by atoms with Gasteiger partial charge in [0.25, 0.3) is 0 Å². The third-order valence-corrected chi connectivity index (χ3v) is 6.54. The molecule has 0 aliphatic heterocycles. The highest BCUT2D eigenvalue weighted by atomic mass is 32.1. The van der Waals surface area contributed by atoms with Crippen molar-refractivity contribution < 1.29 is 19.1 Å². The molecule has 3 rings (SSSR count). The molecule has 0 spiro atoms. The fraction of sp³-hybridized carbons (Fsp3) is 0.520. The Labute approximate surface area is 199 Å². The SMILES string of the molecule is CC(=O)N(c1cccc(C)c1)c1nc(COC(=O)C2(CC(=O)NC(C)(C)C)CCCC2)cs1. The van der Waals surface area contributed by atoms with E-state index in [1.165, 1.54) is 18.3 Å². The number of hydrogen-bond donors (Lipinski definition) is 1. The van der Waals surface area contributed by atoms with Crippen molar-refractivity contribution in [1.29, 1.82) is 0 Å². The normalized spacial score (nSPS) is 15.2. The minimum absolute atomic E-state index is 0.0114. The molecule has 178 valence electrons. The van der Waals surface area contributed by atoms with Crippen molar-refractivity contribution in [2.45, 2.75) is 78.9 Å². The quantitative estimate of drug-likeness (QED) is 0.571. The number of benzene rings is 1. The number of aromatic nitrogens is 1. The molecule has 1 aromatic heterocycles. The Hall–Kier alpha value is -2.74. The van der Waals surface area contributed by atoms with Gasteiger partial charge in [-0.3, -0.25) is 19.3 Å². The van der Waals surface area contributed by atoms with Gasteiger partial charge in [0.1, 0.15) is 6.61 Å². The molecule has 1 aliphatic carbocycles. The van der Waals surface area contributed by atoms with Crippen LogP contribution in [-0.4, -0.2) is 28.3 Å². The molecule has 2 amide bonds. The number of hydrogen-bond acceptors (Lipinski definition) is 6. The first-order chi connectivity index (χ1) is 15.5. The van der Waals surface area contributed by atoms with Crippen LogP contribution in [0.3, 0.4) is 0 Å². The van der Waals surface area contributed by atoms with Crippen molar-refractivity contribution in [1.82, 2.24) is 10.3 Å². The van der Waals surface area contributed by atoms with Crippen molar-refractivity contribution in [3.63, 3.8) is 0 Å². The van der Waals surface area contributed by atoms with Gasteiger partial charge in [0.05, 0.1) is 16.8 Å². The summed E-state index contributed by atoms with van der Waals surface area (Å²) < 4.78 is 5.65. The summed E-state index contributed by atoms with van der Waals surface area (Å²) in [7, 11) is 0. The predicted octanol–water partition coefficient (Wildman–Crippen LogP) is 5.04. The van der Waals surface area contributed by atoms with E-state index in [9.17, 15) is 14.4 Å². The maximum Gasteiger partial charge on any atom is 0.312 e. The Morgan fingerprint density at radius 2 is 1.91 bits per heavy atom. The van der Waals surface area contributed by atoms with Crippen LogP contribution in [0.25, 0.3) is 0 Å². The molecule has 0 unspecified atom stereocenters. The Morgan fingerprint density at radius 1 is 1.21 bits per heavy atom. The lowest BCUT2D eigenvalue weighted by Crippen LogP contribution is -2.44. The summed E-state index contributed by atoms with van der Waals surface area (Å²) in [6, 6.07) is 7.65. The first kappa shape index (κ1) is 24.9. The molecule has 0 saturated heterocycles. The molecule has 7 nitrogen and oxygen atoms in total. The summed E-state index contributed by atoms with van der Waals surface area (Å²) in [5.74, 6) is -0.624. The molecule has 1 aliphatic rings. The number of rotatable bonds is 7. The lowest BCUT2D eigenvalue weighted by Gasteiger charge is -2.28. The van der Waals surface area contributed by atoms with E-state index in [0.717, 1.165) is 24.1 Å². The second kappa shape index (κ2) is 10.0. The topological polar surface area (TPSA) is 88.6 Å². The Kier molecular flexibility index (Phi) is 7.57. The first-order valence-corrected chi connectivity index (χ1v) is 12.2. The molecule has 0 radical (unpaired) electrons. The van der Waals surface area contributed by atoms with Crippen LogP contribution in [0.2, 0.25) is 0 Å². The predicted molar refractivity (Wildman–Crippen MR) is 129 cm³/mol. The molecule has 2 aromatic rings. The zero-order valence-corrected chi connectivity index (χ0v) is 20.9. The van der Waals surface area contributed by atoms with E-state index in [1.54, 1.807) is 10.3 Å². The highest BCUT2D eigenvalue weighted by molar-refractivity contribution is 7.14. The van der Waals surface area contributed by atoms with Crippen LogP contribution >= 0.6 is 11.3 Å². The Morgan fingerprint density at radius 3 is 2.52 bits per heavy atom. The van der Waals surface area contributed by atoms with Gasteiger partial charge in [-0.25, -0.2) is 4.98 Å². The molecule has 33 heavy (non-hydrogen) atoms. The van der Waals surface area contributed by atoms with Crippen LogP contribution in [0.4, 0.5) is 10.8 Å². The number of carbonyl (C=O) groups excluding carboxylic acids is 3. The molecule has 1 aromatic carbocycles. The highest BCUT2D eigenvalue weighted by Crippen LogP contribution is 2.42. The van der Waals surface area contributed by atoms with E-state index in [4.69, 9.17) is 4.74 Å².